The van der Waals surface area contributed by atoms with E-state index in [-0.39, 0.29) is 11.6 Å². The van der Waals surface area contributed by atoms with Crippen LogP contribution in [-0.2, 0) is 0 Å². The second-order valence-corrected chi connectivity index (χ2v) is 10.0. The molecule has 0 aliphatic heterocycles. The highest BCUT2D eigenvalue weighted by molar-refractivity contribution is 7.21. The number of ether oxygens (including phenoxy) is 2. The summed E-state index contributed by atoms with van der Waals surface area (Å²) in [6, 6.07) is 6.68. The van der Waals surface area contributed by atoms with Crippen molar-refractivity contribution >= 4 is 56.0 Å². The molecule has 39 heavy (non-hydrogen) atoms. The van der Waals surface area contributed by atoms with Gasteiger partial charge in [0.15, 0.2) is 5.82 Å². The van der Waals surface area contributed by atoms with Gasteiger partial charge in [0.1, 0.15) is 33.0 Å². The second-order valence-electron chi connectivity index (χ2n) is 8.60. The van der Waals surface area contributed by atoms with Crippen LogP contribution in [0.3, 0.4) is 0 Å². The van der Waals surface area contributed by atoms with E-state index < -0.39 is 29.9 Å². The number of hydrogen-bond acceptors (Lipinski definition) is 8. The van der Waals surface area contributed by atoms with E-state index in [1.807, 2.05) is 0 Å². The monoisotopic (exact) mass is 571 g/mol. The zero-order valence-corrected chi connectivity index (χ0v) is 22.3. The number of aromatic nitrogens is 4. The minimum Gasteiger partial charge on any atom is -0.495 e. The zero-order valence-electron chi connectivity index (χ0n) is 20.7. The molecule has 13 heteroatoms. The van der Waals surface area contributed by atoms with Gasteiger partial charge in [-0.05, 0) is 32.0 Å². The van der Waals surface area contributed by atoms with Gasteiger partial charge in [0.05, 0.1) is 42.9 Å². The molecule has 200 valence electrons. The van der Waals surface area contributed by atoms with Crippen molar-refractivity contribution in [3.05, 3.63) is 65.6 Å². The molecule has 5 rings (SSSR count). The first-order chi connectivity index (χ1) is 18.6. The molecule has 1 N–H and O–H groups in total. The van der Waals surface area contributed by atoms with Crippen LogP contribution in [0, 0.1) is 11.6 Å². The Balaban J connectivity index is 1.47. The van der Waals surface area contributed by atoms with Crippen molar-refractivity contribution in [1.29, 1.82) is 0 Å². The third-order valence-corrected chi connectivity index (χ3v) is 7.27. The van der Waals surface area contributed by atoms with Gasteiger partial charge in [-0.25, -0.2) is 18.6 Å². The van der Waals surface area contributed by atoms with E-state index in [9.17, 15) is 14.3 Å². The molecule has 0 unspecified atom stereocenters. The summed E-state index contributed by atoms with van der Waals surface area (Å²) in [7, 11) is 1.54. The summed E-state index contributed by atoms with van der Waals surface area (Å²) in [5, 5.41) is 11.5. The standard InChI is InChI=1S/C26H20ClF2N5O4S/c1-12(34(26(35)36)17-7-16(28)9-30-10-17)13(2)38-23-20(29)8-21-25(33-23)39-24(32-21)19-6-15(27)4-14-5-18(37-3)11-31-22(14)19/h4-13H,1-3H3,(H,35,36)/t12-,13+/m1/s1. The Morgan fingerprint density at radius 3 is 2.62 bits per heavy atom. The molecule has 0 aliphatic rings. The minimum atomic E-state index is -1.35. The molecule has 0 spiro atoms. The van der Waals surface area contributed by atoms with Crippen LogP contribution in [0.15, 0.2) is 48.9 Å². The maximum absolute atomic E-state index is 15.0. The minimum absolute atomic E-state index is 0.0152. The molecule has 5 aromatic rings. The van der Waals surface area contributed by atoms with Gasteiger partial charge < -0.3 is 14.6 Å². The van der Waals surface area contributed by atoms with Crippen LogP contribution in [0.1, 0.15) is 13.8 Å². The average molecular weight is 572 g/mol. The molecular formula is C26H20ClF2N5O4S. The fourth-order valence-electron chi connectivity index (χ4n) is 4.03. The summed E-state index contributed by atoms with van der Waals surface area (Å²) < 4.78 is 39.7. The van der Waals surface area contributed by atoms with E-state index in [1.54, 1.807) is 45.4 Å². The molecule has 9 nitrogen and oxygen atoms in total. The maximum atomic E-state index is 15.0. The summed E-state index contributed by atoms with van der Waals surface area (Å²) in [4.78, 5) is 30.3. The van der Waals surface area contributed by atoms with Crippen LogP contribution >= 0.6 is 22.9 Å². The largest absolute Gasteiger partial charge is 0.495 e. The van der Waals surface area contributed by atoms with Crippen LogP contribution in [0.2, 0.25) is 5.02 Å². The quantitative estimate of drug-likeness (QED) is 0.233. The SMILES string of the molecule is COc1cnc2c(-c3nc4cc(F)c(O[C@@H](C)[C@@H](C)N(C(=O)O)c5cncc(F)c5)nc4s3)cc(Cl)cc2c1. The first-order valence-corrected chi connectivity index (χ1v) is 12.7. The molecule has 0 aliphatic carbocycles. The van der Waals surface area contributed by atoms with Gasteiger partial charge in [-0.1, -0.05) is 22.9 Å². The molecule has 4 aromatic heterocycles. The lowest BCUT2D eigenvalue weighted by atomic mass is 10.1. The number of carboxylic acid groups (broad SMARTS) is 1. The molecule has 0 radical (unpaired) electrons. The first-order valence-electron chi connectivity index (χ1n) is 11.5. The number of benzene rings is 1. The van der Waals surface area contributed by atoms with Gasteiger partial charge >= 0.3 is 6.09 Å². The Hall–Kier alpha value is -4.16. The predicted molar refractivity (Wildman–Crippen MR) is 144 cm³/mol. The second kappa shape index (κ2) is 10.5. The van der Waals surface area contributed by atoms with Crippen LogP contribution in [0.5, 0.6) is 11.6 Å². The van der Waals surface area contributed by atoms with E-state index >= 15 is 4.39 Å². The number of carbonyl (C=O) groups is 1. The van der Waals surface area contributed by atoms with Gasteiger partial charge in [0.2, 0.25) is 0 Å². The van der Waals surface area contributed by atoms with Crippen molar-refractivity contribution in [3.63, 3.8) is 0 Å². The Morgan fingerprint density at radius 2 is 1.90 bits per heavy atom. The zero-order chi connectivity index (χ0) is 27.8. The molecule has 1 aromatic carbocycles. The van der Waals surface area contributed by atoms with Gasteiger partial charge in [-0.15, -0.1) is 0 Å². The summed E-state index contributed by atoms with van der Waals surface area (Å²) in [5.74, 6) is -1.21. The maximum Gasteiger partial charge on any atom is 0.412 e. The first kappa shape index (κ1) is 26.4. The fourth-order valence-corrected chi connectivity index (χ4v) is 5.18. The molecular weight excluding hydrogens is 552 g/mol. The number of amides is 1. The lowest BCUT2D eigenvalue weighted by Crippen LogP contribution is -2.46. The number of fused-ring (bicyclic) bond motifs is 2. The fraction of sp³-hybridized carbons (Fsp3) is 0.192. The van der Waals surface area contributed by atoms with Crippen LogP contribution in [0.4, 0.5) is 19.3 Å². The van der Waals surface area contributed by atoms with Crippen molar-refractivity contribution in [2.75, 3.05) is 12.0 Å². The Kier molecular flexibility index (Phi) is 7.15. The van der Waals surface area contributed by atoms with E-state index in [1.165, 1.54) is 23.6 Å². The molecule has 0 saturated carbocycles. The van der Waals surface area contributed by atoms with Crippen LogP contribution in [-0.4, -0.2) is 50.4 Å². The van der Waals surface area contributed by atoms with Gasteiger partial charge in [0.25, 0.3) is 5.88 Å². The number of rotatable bonds is 7. The summed E-state index contributed by atoms with van der Waals surface area (Å²) in [6.45, 7) is 3.12. The lowest BCUT2D eigenvalue weighted by molar-refractivity contribution is 0.162. The highest BCUT2D eigenvalue weighted by Gasteiger charge is 2.29. The smallest absolute Gasteiger partial charge is 0.412 e. The Morgan fingerprint density at radius 1 is 1.10 bits per heavy atom. The predicted octanol–water partition coefficient (Wildman–Crippen LogP) is 6.58. The molecule has 2 atom stereocenters. The Bertz CT molecular complexity index is 1720. The van der Waals surface area contributed by atoms with E-state index in [2.05, 4.69) is 19.9 Å². The van der Waals surface area contributed by atoms with Gasteiger partial charge in [-0.3, -0.25) is 14.9 Å². The highest BCUT2D eigenvalue weighted by atomic mass is 35.5. The highest BCUT2D eigenvalue weighted by Crippen LogP contribution is 2.37. The summed E-state index contributed by atoms with van der Waals surface area (Å²) >= 11 is 7.55. The van der Waals surface area contributed by atoms with Crippen molar-refractivity contribution in [1.82, 2.24) is 19.9 Å². The molecule has 1 amide bonds. The van der Waals surface area contributed by atoms with E-state index in [0.29, 0.717) is 37.2 Å². The van der Waals surface area contributed by atoms with Crippen LogP contribution < -0.4 is 14.4 Å². The molecule has 0 saturated heterocycles. The van der Waals surface area contributed by atoms with Gasteiger partial charge in [-0.2, -0.15) is 4.98 Å². The van der Waals surface area contributed by atoms with E-state index in [0.717, 1.165) is 22.5 Å². The van der Waals surface area contributed by atoms with E-state index in [4.69, 9.17) is 21.1 Å². The van der Waals surface area contributed by atoms with Crippen molar-refractivity contribution in [3.8, 4) is 22.2 Å². The number of thiazole rings is 1. The molecule has 0 fully saturated rings. The number of hydrogen-bond donors (Lipinski definition) is 1. The molecule has 0 bridgehead atoms. The van der Waals surface area contributed by atoms with Crippen LogP contribution in [0.25, 0.3) is 31.8 Å². The van der Waals surface area contributed by atoms with Crippen molar-refractivity contribution in [2.24, 2.45) is 0 Å². The summed E-state index contributed by atoms with van der Waals surface area (Å²) in [5.41, 5.74) is 1.61. The third kappa shape index (κ3) is 5.25. The topological polar surface area (TPSA) is 111 Å². The lowest BCUT2D eigenvalue weighted by Gasteiger charge is -2.30. The number of pyridine rings is 3. The van der Waals surface area contributed by atoms with Gasteiger partial charge in [0, 0.05) is 28.1 Å². The van der Waals surface area contributed by atoms with Crippen molar-refractivity contribution < 1.29 is 28.2 Å². The molecule has 4 heterocycles. The Labute approximate surface area is 229 Å². The number of halogens is 3. The number of nitrogens with zero attached hydrogens (tertiary/aromatic N) is 5. The average Bonchev–Trinajstić information content (AvgIpc) is 3.30. The third-order valence-electron chi connectivity index (χ3n) is 6.05. The number of methoxy groups -OCH3 is 1. The van der Waals surface area contributed by atoms with Crippen molar-refractivity contribution in [2.45, 2.75) is 26.0 Å². The normalized spacial score (nSPS) is 12.9. The summed E-state index contributed by atoms with van der Waals surface area (Å²) in [6.07, 6.45) is 1.55. The number of anilines is 1.